The molecule has 5 nitrogen and oxygen atoms in total. The lowest BCUT2D eigenvalue weighted by Gasteiger charge is -2.31. The van der Waals surface area contributed by atoms with Crippen LogP contribution in [0.15, 0.2) is 47.2 Å². The zero-order valence-electron chi connectivity index (χ0n) is 15.3. The molecule has 146 valence electrons. The van der Waals surface area contributed by atoms with Crippen molar-refractivity contribution in [3.05, 3.63) is 66.0 Å². The molecule has 3 aromatic rings. The quantitative estimate of drug-likeness (QED) is 0.713. The number of imidazole rings is 1. The first-order chi connectivity index (χ1) is 13.6. The number of halogens is 2. The van der Waals surface area contributed by atoms with Crippen LogP contribution in [-0.4, -0.2) is 33.9 Å². The summed E-state index contributed by atoms with van der Waals surface area (Å²) in [5.41, 5.74) is 1.22. The molecule has 1 aliphatic heterocycles. The van der Waals surface area contributed by atoms with Crippen molar-refractivity contribution in [2.24, 2.45) is 0 Å². The fourth-order valence-corrected chi connectivity index (χ4v) is 3.60. The molecule has 1 amide bonds. The van der Waals surface area contributed by atoms with Crippen LogP contribution in [0, 0.1) is 11.6 Å². The second-order valence-corrected chi connectivity index (χ2v) is 7.05. The minimum absolute atomic E-state index is 0.136. The van der Waals surface area contributed by atoms with Crippen LogP contribution >= 0.6 is 0 Å². The van der Waals surface area contributed by atoms with Gasteiger partial charge in [0.05, 0.1) is 18.2 Å². The van der Waals surface area contributed by atoms with E-state index in [2.05, 4.69) is 9.97 Å². The first kappa shape index (κ1) is 18.4. The first-order valence-electron chi connectivity index (χ1n) is 9.40. The predicted octanol–water partition coefficient (Wildman–Crippen LogP) is 4.29. The van der Waals surface area contributed by atoms with Gasteiger partial charge in [0.25, 0.3) is 0 Å². The number of benzene rings is 1. The summed E-state index contributed by atoms with van der Waals surface area (Å²) in [6, 6.07) is 7.49. The summed E-state index contributed by atoms with van der Waals surface area (Å²) in [6.45, 7) is 1.37. The van der Waals surface area contributed by atoms with E-state index in [-0.39, 0.29) is 11.8 Å². The third kappa shape index (κ3) is 3.98. The van der Waals surface area contributed by atoms with Crippen molar-refractivity contribution in [1.82, 2.24) is 14.9 Å². The Labute approximate surface area is 161 Å². The fourth-order valence-electron chi connectivity index (χ4n) is 3.60. The van der Waals surface area contributed by atoms with Crippen LogP contribution < -0.4 is 0 Å². The Morgan fingerprint density at radius 2 is 2.04 bits per heavy atom. The summed E-state index contributed by atoms with van der Waals surface area (Å²) in [5, 5.41) is 0. The lowest BCUT2D eigenvalue weighted by atomic mass is 9.96. The Kier molecular flexibility index (Phi) is 5.23. The van der Waals surface area contributed by atoms with E-state index in [1.165, 1.54) is 6.07 Å². The number of amides is 1. The summed E-state index contributed by atoms with van der Waals surface area (Å²) < 4.78 is 31.8. The third-order valence-electron chi connectivity index (χ3n) is 5.23. The zero-order chi connectivity index (χ0) is 19.5. The molecule has 0 aliphatic carbocycles. The fraction of sp³-hybridized carbons (Fsp3) is 0.333. The molecule has 1 aromatic carbocycles. The molecule has 0 bridgehead atoms. The van der Waals surface area contributed by atoms with Gasteiger partial charge in [0.1, 0.15) is 11.6 Å². The number of H-pyrrole nitrogens is 1. The van der Waals surface area contributed by atoms with E-state index in [0.29, 0.717) is 37.2 Å². The standard InChI is InChI=1S/C21H21F2N3O2/c22-17-5-3-15(12-18(17)23)19-13-24-21(25-19)14-7-9-26(10-8-14)20(27)6-4-16-2-1-11-28-16/h1-3,5,11-14H,4,6-10H2,(H,24,25). The molecule has 1 N–H and O–H groups in total. The molecule has 0 atom stereocenters. The number of hydrogen-bond donors (Lipinski definition) is 1. The van der Waals surface area contributed by atoms with Crippen molar-refractivity contribution in [3.63, 3.8) is 0 Å². The van der Waals surface area contributed by atoms with Gasteiger partial charge in [0.15, 0.2) is 11.6 Å². The van der Waals surface area contributed by atoms with Gasteiger partial charge in [-0.05, 0) is 43.2 Å². The van der Waals surface area contributed by atoms with E-state index in [9.17, 15) is 13.6 Å². The molecule has 0 unspecified atom stereocenters. The number of nitrogens with zero attached hydrogens (tertiary/aromatic N) is 2. The molecule has 0 radical (unpaired) electrons. The Hall–Kier alpha value is -2.96. The summed E-state index contributed by atoms with van der Waals surface area (Å²) in [7, 11) is 0. The highest BCUT2D eigenvalue weighted by molar-refractivity contribution is 5.76. The number of rotatable bonds is 5. The first-order valence-corrected chi connectivity index (χ1v) is 9.40. The van der Waals surface area contributed by atoms with Gasteiger partial charge < -0.3 is 14.3 Å². The van der Waals surface area contributed by atoms with Crippen molar-refractivity contribution in [2.45, 2.75) is 31.6 Å². The topological polar surface area (TPSA) is 62.1 Å². The van der Waals surface area contributed by atoms with Gasteiger partial charge in [-0.15, -0.1) is 0 Å². The minimum Gasteiger partial charge on any atom is -0.469 e. The SMILES string of the molecule is O=C(CCc1ccco1)N1CCC(c2ncc(-c3ccc(F)c(F)c3)[nH]2)CC1. The van der Waals surface area contributed by atoms with Crippen LogP contribution in [0.25, 0.3) is 11.3 Å². The molecular formula is C21H21F2N3O2. The summed E-state index contributed by atoms with van der Waals surface area (Å²) >= 11 is 0. The van der Waals surface area contributed by atoms with Gasteiger partial charge in [0, 0.05) is 37.4 Å². The monoisotopic (exact) mass is 385 g/mol. The Balaban J connectivity index is 1.33. The molecule has 1 fully saturated rings. The normalized spacial score (nSPS) is 15.1. The second-order valence-electron chi connectivity index (χ2n) is 7.05. The van der Waals surface area contributed by atoms with Crippen LogP contribution in [0.3, 0.4) is 0 Å². The maximum atomic E-state index is 13.4. The molecule has 4 rings (SSSR count). The van der Waals surface area contributed by atoms with E-state index in [0.717, 1.165) is 36.6 Å². The van der Waals surface area contributed by atoms with Crippen LogP contribution in [0.4, 0.5) is 8.78 Å². The number of piperidine rings is 1. The number of aromatic nitrogens is 2. The molecular weight excluding hydrogens is 364 g/mol. The van der Waals surface area contributed by atoms with Gasteiger partial charge in [-0.1, -0.05) is 0 Å². The Morgan fingerprint density at radius 1 is 1.21 bits per heavy atom. The predicted molar refractivity (Wildman–Crippen MR) is 99.5 cm³/mol. The summed E-state index contributed by atoms with van der Waals surface area (Å²) in [6.07, 6.45) is 5.95. The lowest BCUT2D eigenvalue weighted by Crippen LogP contribution is -2.38. The van der Waals surface area contributed by atoms with Crippen LogP contribution in [0.2, 0.25) is 0 Å². The number of carbonyl (C=O) groups is 1. The number of carbonyl (C=O) groups excluding carboxylic acids is 1. The maximum absolute atomic E-state index is 13.4. The number of likely N-dealkylation sites (tertiary alicyclic amines) is 1. The molecule has 0 saturated carbocycles. The van der Waals surface area contributed by atoms with Gasteiger partial charge in [0.2, 0.25) is 5.91 Å². The van der Waals surface area contributed by atoms with Crippen molar-refractivity contribution in [3.8, 4) is 11.3 Å². The molecule has 1 aliphatic rings. The van der Waals surface area contributed by atoms with Crippen LogP contribution in [0.5, 0.6) is 0 Å². The van der Waals surface area contributed by atoms with Gasteiger partial charge in [-0.2, -0.15) is 0 Å². The highest BCUT2D eigenvalue weighted by Crippen LogP contribution is 2.28. The average molecular weight is 385 g/mol. The number of furan rings is 1. The van der Waals surface area contributed by atoms with Gasteiger partial charge >= 0.3 is 0 Å². The van der Waals surface area contributed by atoms with Gasteiger partial charge in [-0.3, -0.25) is 4.79 Å². The lowest BCUT2D eigenvalue weighted by molar-refractivity contribution is -0.132. The smallest absolute Gasteiger partial charge is 0.223 e. The van der Waals surface area contributed by atoms with Crippen molar-refractivity contribution in [2.75, 3.05) is 13.1 Å². The number of aryl methyl sites for hydroxylation is 1. The summed E-state index contributed by atoms with van der Waals surface area (Å²) in [4.78, 5) is 21.9. The second kappa shape index (κ2) is 7.96. The van der Waals surface area contributed by atoms with E-state index in [1.807, 2.05) is 17.0 Å². The molecule has 28 heavy (non-hydrogen) atoms. The van der Waals surface area contributed by atoms with Gasteiger partial charge in [-0.25, -0.2) is 13.8 Å². The molecule has 1 saturated heterocycles. The van der Waals surface area contributed by atoms with E-state index in [4.69, 9.17) is 4.42 Å². The average Bonchev–Trinajstić information content (AvgIpc) is 3.40. The van der Waals surface area contributed by atoms with Crippen molar-refractivity contribution >= 4 is 5.91 Å². The Bertz CT molecular complexity index is 944. The van der Waals surface area contributed by atoms with E-state index < -0.39 is 11.6 Å². The van der Waals surface area contributed by atoms with Crippen molar-refractivity contribution in [1.29, 1.82) is 0 Å². The third-order valence-corrected chi connectivity index (χ3v) is 5.23. The van der Waals surface area contributed by atoms with Crippen LogP contribution in [0.1, 0.15) is 36.8 Å². The largest absolute Gasteiger partial charge is 0.469 e. The maximum Gasteiger partial charge on any atom is 0.223 e. The minimum atomic E-state index is -0.880. The highest BCUT2D eigenvalue weighted by Gasteiger charge is 2.25. The van der Waals surface area contributed by atoms with Crippen LogP contribution in [-0.2, 0) is 11.2 Å². The van der Waals surface area contributed by atoms with E-state index in [1.54, 1.807) is 12.5 Å². The highest BCUT2D eigenvalue weighted by atomic mass is 19.2. The molecule has 7 heteroatoms. The summed E-state index contributed by atoms with van der Waals surface area (Å²) in [5.74, 6) is 0.249. The molecule has 3 heterocycles. The van der Waals surface area contributed by atoms with Crippen molar-refractivity contribution < 1.29 is 18.0 Å². The number of hydrogen-bond acceptors (Lipinski definition) is 3. The zero-order valence-corrected chi connectivity index (χ0v) is 15.3. The Morgan fingerprint density at radius 3 is 2.75 bits per heavy atom. The number of aromatic amines is 1. The van der Waals surface area contributed by atoms with E-state index >= 15 is 0 Å². The molecule has 0 spiro atoms. The number of nitrogens with one attached hydrogen (secondary N) is 1. The molecule has 2 aromatic heterocycles.